The van der Waals surface area contributed by atoms with Crippen molar-refractivity contribution in [3.05, 3.63) is 41.5 Å². The van der Waals surface area contributed by atoms with Gasteiger partial charge in [0, 0.05) is 0 Å². The monoisotopic (exact) mass is 247 g/mol. The third-order valence-corrected chi connectivity index (χ3v) is 2.40. The zero-order valence-electron chi connectivity index (χ0n) is 10.8. The Morgan fingerprint density at radius 2 is 2.17 bits per heavy atom. The molecule has 0 aliphatic carbocycles. The maximum absolute atomic E-state index is 5.87. The summed E-state index contributed by atoms with van der Waals surface area (Å²) < 4.78 is 10.6. The van der Waals surface area contributed by atoms with Crippen LogP contribution in [0.25, 0.3) is 0 Å². The molecule has 0 atom stereocenters. The van der Waals surface area contributed by atoms with Gasteiger partial charge in [0.2, 0.25) is 0 Å². The summed E-state index contributed by atoms with van der Waals surface area (Å²) in [4.78, 5) is 4.19. The standard InChI is InChI=1S/C13H17N3O2/c1-9-5-4-6-10(7-9)17-8-11-15-12(16-18-11)13(2,3)14/h4-7H,8,14H2,1-3H3. The van der Waals surface area contributed by atoms with Gasteiger partial charge in [0.1, 0.15) is 5.75 Å². The second kappa shape index (κ2) is 4.78. The third kappa shape index (κ3) is 3.07. The molecular formula is C13H17N3O2. The van der Waals surface area contributed by atoms with Crippen LogP contribution in [-0.2, 0) is 12.1 Å². The van der Waals surface area contributed by atoms with Crippen LogP contribution in [0.1, 0.15) is 31.1 Å². The van der Waals surface area contributed by atoms with Crippen molar-refractivity contribution >= 4 is 0 Å². The van der Waals surface area contributed by atoms with Crippen LogP contribution in [0.2, 0.25) is 0 Å². The molecule has 2 N–H and O–H groups in total. The average Bonchev–Trinajstić information content (AvgIpc) is 2.74. The van der Waals surface area contributed by atoms with Gasteiger partial charge in [0.05, 0.1) is 5.54 Å². The molecule has 0 spiro atoms. The summed E-state index contributed by atoms with van der Waals surface area (Å²) in [6.45, 7) is 5.90. The van der Waals surface area contributed by atoms with Crippen LogP contribution in [0.4, 0.5) is 0 Å². The molecule has 0 amide bonds. The molecule has 0 radical (unpaired) electrons. The molecular weight excluding hydrogens is 230 g/mol. The van der Waals surface area contributed by atoms with E-state index < -0.39 is 5.54 Å². The highest BCUT2D eigenvalue weighted by molar-refractivity contribution is 5.27. The predicted molar refractivity (Wildman–Crippen MR) is 67.0 cm³/mol. The van der Waals surface area contributed by atoms with Crippen LogP contribution >= 0.6 is 0 Å². The van der Waals surface area contributed by atoms with E-state index >= 15 is 0 Å². The van der Waals surface area contributed by atoms with Gasteiger partial charge in [-0.25, -0.2) is 0 Å². The van der Waals surface area contributed by atoms with Gasteiger partial charge >= 0.3 is 0 Å². The van der Waals surface area contributed by atoms with Crippen molar-refractivity contribution < 1.29 is 9.26 Å². The van der Waals surface area contributed by atoms with Crippen molar-refractivity contribution in [3.63, 3.8) is 0 Å². The van der Waals surface area contributed by atoms with E-state index in [4.69, 9.17) is 15.0 Å². The fourth-order valence-electron chi connectivity index (χ4n) is 1.43. The molecule has 18 heavy (non-hydrogen) atoms. The van der Waals surface area contributed by atoms with E-state index in [0.717, 1.165) is 11.3 Å². The predicted octanol–water partition coefficient (Wildman–Crippen LogP) is 2.15. The summed E-state index contributed by atoms with van der Waals surface area (Å²) in [5.74, 6) is 1.68. The molecule has 0 aliphatic rings. The van der Waals surface area contributed by atoms with E-state index in [1.807, 2.05) is 45.0 Å². The molecule has 0 fully saturated rings. The topological polar surface area (TPSA) is 74.2 Å². The van der Waals surface area contributed by atoms with Crippen LogP contribution in [0.15, 0.2) is 28.8 Å². The molecule has 1 heterocycles. The van der Waals surface area contributed by atoms with Crippen molar-refractivity contribution in [1.82, 2.24) is 10.1 Å². The van der Waals surface area contributed by atoms with Gasteiger partial charge in [0.15, 0.2) is 12.4 Å². The molecule has 0 bridgehead atoms. The van der Waals surface area contributed by atoms with Crippen molar-refractivity contribution in [1.29, 1.82) is 0 Å². The Kier molecular flexibility index (Phi) is 3.34. The summed E-state index contributed by atoms with van der Waals surface area (Å²) in [7, 11) is 0. The van der Waals surface area contributed by atoms with E-state index in [2.05, 4.69) is 10.1 Å². The van der Waals surface area contributed by atoms with E-state index in [0.29, 0.717) is 11.7 Å². The fraction of sp³-hybridized carbons (Fsp3) is 0.385. The van der Waals surface area contributed by atoms with Gasteiger partial charge in [-0.3, -0.25) is 0 Å². The lowest BCUT2D eigenvalue weighted by Gasteiger charge is -2.11. The first-order chi connectivity index (χ1) is 8.45. The fourth-order valence-corrected chi connectivity index (χ4v) is 1.43. The Morgan fingerprint density at radius 3 is 2.78 bits per heavy atom. The number of aryl methyl sites for hydroxylation is 1. The lowest BCUT2D eigenvalue weighted by atomic mass is 10.1. The first kappa shape index (κ1) is 12.6. The van der Waals surface area contributed by atoms with Crippen molar-refractivity contribution in [2.75, 3.05) is 0 Å². The number of hydrogen-bond donors (Lipinski definition) is 1. The number of ether oxygens (including phenoxy) is 1. The highest BCUT2D eigenvalue weighted by Gasteiger charge is 2.21. The highest BCUT2D eigenvalue weighted by atomic mass is 16.5. The molecule has 0 aliphatic heterocycles. The molecule has 2 rings (SSSR count). The Morgan fingerprint density at radius 1 is 1.39 bits per heavy atom. The SMILES string of the molecule is Cc1cccc(OCc2nc(C(C)(C)N)no2)c1. The minimum Gasteiger partial charge on any atom is -0.484 e. The van der Waals surface area contributed by atoms with Crippen LogP contribution in [-0.4, -0.2) is 10.1 Å². The van der Waals surface area contributed by atoms with Crippen molar-refractivity contribution in [2.45, 2.75) is 32.9 Å². The molecule has 5 nitrogen and oxygen atoms in total. The minimum atomic E-state index is -0.606. The van der Waals surface area contributed by atoms with Crippen molar-refractivity contribution in [2.24, 2.45) is 5.73 Å². The molecule has 5 heteroatoms. The summed E-state index contributed by atoms with van der Waals surface area (Å²) in [5.41, 5.74) is 6.41. The van der Waals surface area contributed by atoms with Crippen LogP contribution in [0.3, 0.4) is 0 Å². The van der Waals surface area contributed by atoms with E-state index in [1.165, 1.54) is 0 Å². The van der Waals surface area contributed by atoms with Crippen LogP contribution in [0, 0.1) is 6.92 Å². The second-order valence-electron chi connectivity index (χ2n) is 4.84. The summed E-state index contributed by atoms with van der Waals surface area (Å²) in [5, 5.41) is 3.83. The highest BCUT2D eigenvalue weighted by Crippen LogP contribution is 2.16. The van der Waals surface area contributed by atoms with Gasteiger partial charge in [0.25, 0.3) is 5.89 Å². The smallest absolute Gasteiger partial charge is 0.264 e. The van der Waals surface area contributed by atoms with E-state index in [9.17, 15) is 0 Å². The summed E-state index contributed by atoms with van der Waals surface area (Å²) in [6.07, 6.45) is 0. The van der Waals surface area contributed by atoms with Crippen LogP contribution < -0.4 is 10.5 Å². The maximum Gasteiger partial charge on any atom is 0.264 e. The Hall–Kier alpha value is -1.88. The van der Waals surface area contributed by atoms with Gasteiger partial charge < -0.3 is 15.0 Å². The molecule has 1 aromatic carbocycles. The van der Waals surface area contributed by atoms with Gasteiger partial charge in [-0.2, -0.15) is 4.98 Å². The quantitative estimate of drug-likeness (QED) is 0.896. The largest absolute Gasteiger partial charge is 0.484 e. The second-order valence-corrected chi connectivity index (χ2v) is 4.84. The number of aromatic nitrogens is 2. The molecule has 1 aromatic heterocycles. The van der Waals surface area contributed by atoms with Crippen LogP contribution in [0.5, 0.6) is 5.75 Å². The van der Waals surface area contributed by atoms with Gasteiger partial charge in [-0.05, 0) is 38.5 Å². The number of benzene rings is 1. The zero-order valence-corrected chi connectivity index (χ0v) is 10.8. The molecule has 2 aromatic rings. The molecule has 0 saturated heterocycles. The molecule has 0 saturated carbocycles. The lowest BCUT2D eigenvalue weighted by Crippen LogP contribution is -2.30. The number of hydrogen-bond acceptors (Lipinski definition) is 5. The minimum absolute atomic E-state index is 0.243. The Labute approximate surface area is 106 Å². The number of nitrogens with zero attached hydrogens (tertiary/aromatic N) is 2. The van der Waals surface area contributed by atoms with Crippen molar-refractivity contribution in [3.8, 4) is 5.75 Å². The Balaban J connectivity index is 2.01. The summed E-state index contributed by atoms with van der Waals surface area (Å²) >= 11 is 0. The molecule has 0 unspecified atom stereocenters. The number of rotatable bonds is 4. The third-order valence-electron chi connectivity index (χ3n) is 2.40. The maximum atomic E-state index is 5.87. The summed E-state index contributed by atoms with van der Waals surface area (Å²) in [6, 6.07) is 7.78. The molecule has 96 valence electrons. The van der Waals surface area contributed by atoms with E-state index in [1.54, 1.807) is 0 Å². The lowest BCUT2D eigenvalue weighted by molar-refractivity contribution is 0.241. The first-order valence-electron chi connectivity index (χ1n) is 5.76. The van der Waals surface area contributed by atoms with Gasteiger partial charge in [-0.1, -0.05) is 17.3 Å². The number of nitrogens with two attached hydrogens (primary N) is 1. The van der Waals surface area contributed by atoms with Gasteiger partial charge in [-0.15, -0.1) is 0 Å². The zero-order chi connectivity index (χ0) is 13.2. The normalized spacial score (nSPS) is 11.6. The first-order valence-corrected chi connectivity index (χ1v) is 5.76. The van der Waals surface area contributed by atoms with E-state index in [-0.39, 0.29) is 6.61 Å². The Bertz CT molecular complexity index is 529. The average molecular weight is 247 g/mol.